The number of fused-ring (bicyclic) bond motifs is 5. The van der Waals surface area contributed by atoms with Crippen LogP contribution >= 0.6 is 0 Å². The number of hydrogen-bond donors (Lipinski definition) is 0. The van der Waals surface area contributed by atoms with E-state index in [1.807, 2.05) is 42.5 Å². The highest BCUT2D eigenvalue weighted by Crippen LogP contribution is 2.36. The quantitative estimate of drug-likeness (QED) is 0.245. The second kappa shape index (κ2) is 8.61. The van der Waals surface area contributed by atoms with E-state index in [2.05, 4.69) is 95.6 Å². The van der Waals surface area contributed by atoms with E-state index in [-0.39, 0.29) is 0 Å². The molecule has 0 N–H and O–H groups in total. The van der Waals surface area contributed by atoms with Gasteiger partial charge in [0.15, 0.2) is 5.82 Å². The summed E-state index contributed by atoms with van der Waals surface area (Å²) in [6.07, 6.45) is 0. The zero-order valence-electron chi connectivity index (χ0n) is 21.0. The summed E-state index contributed by atoms with van der Waals surface area (Å²) in [4.78, 5) is 14.9. The molecule has 5 aromatic carbocycles. The van der Waals surface area contributed by atoms with Gasteiger partial charge in [-0.1, -0.05) is 91.0 Å². The van der Waals surface area contributed by atoms with Gasteiger partial charge in [-0.25, -0.2) is 15.0 Å². The fraction of sp³-hybridized carbons (Fsp3) is 0. The zero-order valence-corrected chi connectivity index (χ0v) is 21.0. The summed E-state index contributed by atoms with van der Waals surface area (Å²) < 4.78 is 2.34. The maximum Gasteiger partial charge on any atom is 0.179 e. The van der Waals surface area contributed by atoms with Crippen LogP contribution in [0.1, 0.15) is 0 Å². The fourth-order valence-corrected chi connectivity index (χ4v) is 5.57. The van der Waals surface area contributed by atoms with Crippen LogP contribution in [0.3, 0.4) is 0 Å². The van der Waals surface area contributed by atoms with Crippen LogP contribution in [-0.4, -0.2) is 19.5 Å². The lowest BCUT2D eigenvalue weighted by Gasteiger charge is -2.11. The van der Waals surface area contributed by atoms with E-state index in [1.165, 1.54) is 16.3 Å². The third-order valence-corrected chi connectivity index (χ3v) is 7.39. The van der Waals surface area contributed by atoms with Crippen molar-refractivity contribution in [3.8, 4) is 28.5 Å². The highest BCUT2D eigenvalue weighted by Gasteiger charge is 2.16. The first-order valence-corrected chi connectivity index (χ1v) is 13.1. The van der Waals surface area contributed by atoms with E-state index < -0.39 is 0 Å². The molecule has 8 aromatic rings. The maximum absolute atomic E-state index is 5.13. The van der Waals surface area contributed by atoms with Crippen molar-refractivity contribution in [3.63, 3.8) is 0 Å². The molecule has 0 amide bonds. The van der Waals surface area contributed by atoms with Gasteiger partial charge in [0.05, 0.1) is 27.8 Å². The van der Waals surface area contributed by atoms with Gasteiger partial charge < -0.3 is 4.57 Å². The zero-order chi connectivity index (χ0) is 25.8. The van der Waals surface area contributed by atoms with Crippen LogP contribution in [0.5, 0.6) is 0 Å². The van der Waals surface area contributed by atoms with Crippen molar-refractivity contribution in [2.75, 3.05) is 0 Å². The van der Waals surface area contributed by atoms with Crippen LogP contribution in [0, 0.1) is 0 Å². The number of nitrogens with zero attached hydrogens (tertiary/aromatic N) is 4. The van der Waals surface area contributed by atoms with Crippen LogP contribution < -0.4 is 0 Å². The van der Waals surface area contributed by atoms with Crippen molar-refractivity contribution < 1.29 is 0 Å². The van der Waals surface area contributed by atoms with Gasteiger partial charge in [0, 0.05) is 32.8 Å². The van der Waals surface area contributed by atoms with E-state index >= 15 is 0 Å². The van der Waals surface area contributed by atoms with Gasteiger partial charge in [0.2, 0.25) is 0 Å². The molecular formula is C35H22N4. The average Bonchev–Trinajstić information content (AvgIpc) is 3.34. The minimum atomic E-state index is 0.623. The Labute approximate surface area is 224 Å². The molecule has 8 rings (SSSR count). The number of rotatable bonds is 3. The maximum atomic E-state index is 5.13. The summed E-state index contributed by atoms with van der Waals surface area (Å²) in [5, 5.41) is 4.56. The molecule has 4 nitrogen and oxygen atoms in total. The Bertz CT molecular complexity index is 2180. The Morgan fingerprint density at radius 3 is 2.08 bits per heavy atom. The van der Waals surface area contributed by atoms with Crippen molar-refractivity contribution in [2.45, 2.75) is 0 Å². The molecular weight excluding hydrogens is 476 g/mol. The summed E-state index contributed by atoms with van der Waals surface area (Å²) in [7, 11) is 0. The summed E-state index contributed by atoms with van der Waals surface area (Å²) in [5.74, 6) is 0.623. The smallest absolute Gasteiger partial charge is 0.179 e. The van der Waals surface area contributed by atoms with Gasteiger partial charge in [-0.3, -0.25) is 0 Å². The Hall–Kier alpha value is -5.35. The number of para-hydroxylation sites is 4. The molecule has 4 heteroatoms. The second-order valence-corrected chi connectivity index (χ2v) is 9.72. The molecule has 0 bridgehead atoms. The molecule has 0 saturated heterocycles. The van der Waals surface area contributed by atoms with Crippen LogP contribution in [-0.2, 0) is 0 Å². The van der Waals surface area contributed by atoms with Crippen molar-refractivity contribution in [2.24, 2.45) is 0 Å². The molecule has 0 aliphatic carbocycles. The molecule has 0 atom stereocenters. The monoisotopic (exact) mass is 498 g/mol. The Morgan fingerprint density at radius 1 is 0.462 bits per heavy atom. The lowest BCUT2D eigenvalue weighted by Crippen LogP contribution is -1.97. The van der Waals surface area contributed by atoms with Gasteiger partial charge in [0.1, 0.15) is 5.69 Å². The highest BCUT2D eigenvalue weighted by atomic mass is 15.0. The number of hydrogen-bond acceptors (Lipinski definition) is 3. The number of aromatic nitrogens is 4. The molecule has 0 spiro atoms. The van der Waals surface area contributed by atoms with Gasteiger partial charge in [0.25, 0.3) is 0 Å². The Balaban J connectivity index is 1.40. The van der Waals surface area contributed by atoms with Crippen LogP contribution in [0.15, 0.2) is 133 Å². The number of pyridine rings is 1. The summed E-state index contributed by atoms with van der Waals surface area (Å²) in [6.45, 7) is 0. The van der Waals surface area contributed by atoms with Crippen molar-refractivity contribution in [1.29, 1.82) is 0 Å². The predicted octanol–water partition coefficient (Wildman–Crippen LogP) is 8.61. The SMILES string of the molecule is c1ccc(-n2c3ccccc3c3ccc(-c4nc(-c5ccc6ccccc6n5)nc5ccccc45)cc32)cc1. The van der Waals surface area contributed by atoms with Crippen LogP contribution in [0.4, 0.5) is 0 Å². The van der Waals surface area contributed by atoms with Crippen molar-refractivity contribution in [3.05, 3.63) is 133 Å². The second-order valence-electron chi connectivity index (χ2n) is 9.72. The Kier molecular flexibility index (Phi) is 4.79. The van der Waals surface area contributed by atoms with E-state index in [4.69, 9.17) is 15.0 Å². The van der Waals surface area contributed by atoms with Gasteiger partial charge in [-0.15, -0.1) is 0 Å². The van der Waals surface area contributed by atoms with Gasteiger partial charge in [-0.2, -0.15) is 0 Å². The molecule has 0 aliphatic rings. The normalized spacial score (nSPS) is 11.6. The highest BCUT2D eigenvalue weighted by molar-refractivity contribution is 6.10. The first kappa shape index (κ1) is 21.7. The standard InChI is InChI=1S/C35H22N4/c1-2-11-25(12-3-1)39-32-17-9-6-13-26(32)27-20-18-24(22-33(27)39)34-28-14-5-8-16-30(28)37-35(38-34)31-21-19-23-10-4-7-15-29(23)36-31/h1-22H. The molecule has 3 aromatic heterocycles. The molecule has 0 fully saturated rings. The van der Waals surface area contributed by atoms with E-state index in [1.54, 1.807) is 0 Å². The minimum Gasteiger partial charge on any atom is -0.309 e. The molecule has 0 unspecified atom stereocenters. The molecule has 0 saturated carbocycles. The third kappa shape index (κ3) is 3.50. The van der Waals surface area contributed by atoms with Crippen LogP contribution in [0.2, 0.25) is 0 Å². The van der Waals surface area contributed by atoms with E-state index in [9.17, 15) is 0 Å². The lowest BCUT2D eigenvalue weighted by molar-refractivity contribution is 1.18. The summed E-state index contributed by atoms with van der Waals surface area (Å²) >= 11 is 0. The third-order valence-electron chi connectivity index (χ3n) is 7.39. The molecule has 3 heterocycles. The van der Waals surface area contributed by atoms with Gasteiger partial charge in [-0.05, 0) is 42.5 Å². The minimum absolute atomic E-state index is 0.623. The molecule has 182 valence electrons. The first-order chi connectivity index (χ1) is 19.3. The van der Waals surface area contributed by atoms with E-state index in [0.29, 0.717) is 5.82 Å². The van der Waals surface area contributed by atoms with E-state index in [0.717, 1.165) is 50.0 Å². The van der Waals surface area contributed by atoms with Crippen molar-refractivity contribution >= 4 is 43.6 Å². The van der Waals surface area contributed by atoms with Crippen molar-refractivity contribution in [1.82, 2.24) is 19.5 Å². The molecule has 0 radical (unpaired) electrons. The largest absolute Gasteiger partial charge is 0.309 e. The predicted molar refractivity (Wildman–Crippen MR) is 160 cm³/mol. The number of benzene rings is 5. The Morgan fingerprint density at radius 2 is 1.18 bits per heavy atom. The fourth-order valence-electron chi connectivity index (χ4n) is 5.57. The lowest BCUT2D eigenvalue weighted by atomic mass is 10.0. The average molecular weight is 499 g/mol. The summed E-state index contributed by atoms with van der Waals surface area (Å²) in [6, 6.07) is 46.2. The van der Waals surface area contributed by atoms with Crippen LogP contribution in [0.25, 0.3) is 72.1 Å². The molecule has 39 heavy (non-hydrogen) atoms. The summed E-state index contributed by atoms with van der Waals surface area (Å²) in [5.41, 5.74) is 8.01. The van der Waals surface area contributed by atoms with Gasteiger partial charge >= 0.3 is 0 Å². The topological polar surface area (TPSA) is 43.6 Å². The first-order valence-electron chi connectivity index (χ1n) is 13.1. The molecule has 0 aliphatic heterocycles.